The van der Waals surface area contributed by atoms with Crippen molar-refractivity contribution in [3.63, 3.8) is 0 Å². The summed E-state index contributed by atoms with van der Waals surface area (Å²) in [5.41, 5.74) is 1.84. The Morgan fingerprint density at radius 3 is 2.73 bits per heavy atom. The minimum Gasteiger partial charge on any atom is -0.452 e. The highest BCUT2D eigenvalue weighted by atomic mass is 35.5. The summed E-state index contributed by atoms with van der Waals surface area (Å²) in [5.74, 6) is 2.30. The summed E-state index contributed by atoms with van der Waals surface area (Å²) in [7, 11) is 0. The molecule has 10 heteroatoms. The summed E-state index contributed by atoms with van der Waals surface area (Å²) >= 11 is 9.27. The molecular weight excluding hydrogens is 526 g/mol. The Hall–Kier alpha value is -3.14. The number of carbonyl (C=O) groups is 1. The van der Waals surface area contributed by atoms with Gasteiger partial charge < -0.3 is 15.0 Å². The number of amides is 1. The van der Waals surface area contributed by atoms with Gasteiger partial charge in [0.25, 0.3) is 0 Å². The molecular formula is C27H26ClN5O2S2. The number of halogens is 1. The van der Waals surface area contributed by atoms with Crippen molar-refractivity contribution in [1.29, 1.82) is 0 Å². The Labute approximate surface area is 229 Å². The SMILES string of the molecule is CC(=O)N1CCC(c2csc(Nc3ncc(Sc4cccc(Cl)c4)cc3Oc3cccnc3C)n2)CC1. The molecule has 1 fully saturated rings. The van der Waals surface area contributed by atoms with Crippen molar-refractivity contribution in [1.82, 2.24) is 19.9 Å². The molecule has 37 heavy (non-hydrogen) atoms. The standard InChI is InChI=1S/C27H26ClN5O2S2/c1-17-24(7-4-10-29-17)35-25-14-22(37-21-6-3-5-20(28)13-21)15-30-26(25)32-27-31-23(16-36-27)19-8-11-33(12-9-19)18(2)34/h3-7,10,13-16,19H,8-9,11-12H2,1-2H3,(H,30,31,32). The number of nitrogens with one attached hydrogen (secondary N) is 1. The fraction of sp³-hybridized carbons (Fsp3) is 0.259. The van der Waals surface area contributed by atoms with Crippen molar-refractivity contribution in [2.75, 3.05) is 18.4 Å². The summed E-state index contributed by atoms with van der Waals surface area (Å²) < 4.78 is 6.28. The molecule has 0 radical (unpaired) electrons. The summed E-state index contributed by atoms with van der Waals surface area (Å²) in [6.07, 6.45) is 5.39. The predicted octanol–water partition coefficient (Wildman–Crippen LogP) is 7.31. The van der Waals surface area contributed by atoms with E-state index < -0.39 is 0 Å². The summed E-state index contributed by atoms with van der Waals surface area (Å²) in [6, 6.07) is 13.4. The van der Waals surface area contributed by atoms with E-state index in [-0.39, 0.29) is 5.91 Å². The fourth-order valence-electron chi connectivity index (χ4n) is 4.14. The Morgan fingerprint density at radius 2 is 1.97 bits per heavy atom. The zero-order valence-corrected chi connectivity index (χ0v) is 22.9. The average molecular weight is 552 g/mol. The van der Waals surface area contributed by atoms with Crippen LogP contribution in [0.1, 0.15) is 37.1 Å². The molecule has 190 valence electrons. The molecule has 7 nitrogen and oxygen atoms in total. The molecule has 4 heterocycles. The molecule has 1 N–H and O–H groups in total. The van der Waals surface area contributed by atoms with Crippen molar-refractivity contribution in [2.24, 2.45) is 0 Å². The molecule has 3 aromatic heterocycles. The molecule has 1 aliphatic rings. The molecule has 1 saturated heterocycles. The molecule has 4 aromatic rings. The topological polar surface area (TPSA) is 80.2 Å². The maximum absolute atomic E-state index is 11.6. The van der Waals surface area contributed by atoms with Gasteiger partial charge in [0.1, 0.15) is 5.75 Å². The van der Waals surface area contributed by atoms with E-state index in [9.17, 15) is 4.79 Å². The number of hydrogen-bond donors (Lipinski definition) is 1. The third kappa shape index (κ3) is 6.41. The molecule has 1 aliphatic heterocycles. The van der Waals surface area contributed by atoms with Gasteiger partial charge in [-0.25, -0.2) is 9.97 Å². The molecule has 0 unspecified atom stereocenters. The number of pyridine rings is 2. The zero-order chi connectivity index (χ0) is 25.8. The van der Waals surface area contributed by atoms with Crippen LogP contribution in [-0.4, -0.2) is 38.8 Å². The van der Waals surface area contributed by atoms with Crippen molar-refractivity contribution in [3.05, 3.63) is 76.6 Å². The number of likely N-dealkylation sites (tertiary alicyclic amines) is 1. The smallest absolute Gasteiger partial charge is 0.219 e. The molecule has 0 saturated carbocycles. The van der Waals surface area contributed by atoms with Crippen LogP contribution >= 0.6 is 34.7 Å². The molecule has 0 bridgehead atoms. The number of nitrogens with zero attached hydrogens (tertiary/aromatic N) is 4. The molecule has 1 aromatic carbocycles. The second-order valence-corrected chi connectivity index (χ2v) is 11.2. The van der Waals surface area contributed by atoms with Gasteiger partial charge in [-0.05, 0) is 50.1 Å². The van der Waals surface area contributed by atoms with Gasteiger partial charge >= 0.3 is 0 Å². The summed E-state index contributed by atoms with van der Waals surface area (Å²) in [6.45, 7) is 5.08. The number of hydrogen-bond acceptors (Lipinski definition) is 8. The Bertz CT molecular complexity index is 1410. The van der Waals surface area contributed by atoms with E-state index in [1.54, 1.807) is 36.2 Å². The minimum atomic E-state index is 0.138. The van der Waals surface area contributed by atoms with Crippen LogP contribution in [0, 0.1) is 6.92 Å². The van der Waals surface area contributed by atoms with Crippen LogP contribution in [0.2, 0.25) is 5.02 Å². The highest BCUT2D eigenvalue weighted by Gasteiger charge is 2.24. The number of anilines is 2. The van der Waals surface area contributed by atoms with Gasteiger partial charge in [0.15, 0.2) is 16.7 Å². The van der Waals surface area contributed by atoms with Gasteiger partial charge in [0.2, 0.25) is 5.91 Å². The molecule has 1 amide bonds. The molecule has 0 aliphatic carbocycles. The lowest BCUT2D eigenvalue weighted by atomic mass is 9.94. The number of rotatable bonds is 7. The number of ether oxygens (including phenoxy) is 1. The van der Waals surface area contributed by atoms with Crippen LogP contribution in [0.5, 0.6) is 11.5 Å². The first kappa shape index (κ1) is 25.5. The van der Waals surface area contributed by atoms with E-state index in [0.29, 0.717) is 28.3 Å². The third-order valence-electron chi connectivity index (χ3n) is 6.14. The number of thiazole rings is 1. The number of aromatic nitrogens is 3. The highest BCUT2D eigenvalue weighted by molar-refractivity contribution is 7.99. The highest BCUT2D eigenvalue weighted by Crippen LogP contribution is 2.38. The van der Waals surface area contributed by atoms with Gasteiger partial charge in [-0.1, -0.05) is 29.4 Å². The van der Waals surface area contributed by atoms with E-state index in [1.807, 2.05) is 60.5 Å². The minimum absolute atomic E-state index is 0.138. The maximum atomic E-state index is 11.6. The van der Waals surface area contributed by atoms with E-state index in [4.69, 9.17) is 21.3 Å². The van der Waals surface area contributed by atoms with Crippen molar-refractivity contribution in [2.45, 2.75) is 42.4 Å². The Morgan fingerprint density at radius 1 is 1.14 bits per heavy atom. The summed E-state index contributed by atoms with van der Waals surface area (Å²) in [5, 5.41) is 6.88. The van der Waals surface area contributed by atoms with Crippen LogP contribution in [0.15, 0.2) is 70.0 Å². The second-order valence-electron chi connectivity index (χ2n) is 8.75. The van der Waals surface area contributed by atoms with Crippen LogP contribution in [0.4, 0.5) is 10.9 Å². The maximum Gasteiger partial charge on any atom is 0.219 e. The number of piperidine rings is 1. The van der Waals surface area contributed by atoms with E-state index in [2.05, 4.69) is 20.7 Å². The monoisotopic (exact) mass is 551 g/mol. The first-order chi connectivity index (χ1) is 17.9. The molecule has 0 atom stereocenters. The van der Waals surface area contributed by atoms with Crippen molar-refractivity contribution < 1.29 is 9.53 Å². The molecule has 0 spiro atoms. The first-order valence-electron chi connectivity index (χ1n) is 12.0. The lowest BCUT2D eigenvalue weighted by Gasteiger charge is -2.30. The number of benzene rings is 1. The van der Waals surface area contributed by atoms with Gasteiger partial charge in [0.05, 0.1) is 11.4 Å². The Kier molecular flexibility index (Phi) is 7.93. The zero-order valence-electron chi connectivity index (χ0n) is 20.5. The van der Waals surface area contributed by atoms with Crippen molar-refractivity contribution >= 4 is 51.6 Å². The van der Waals surface area contributed by atoms with Crippen LogP contribution in [0.3, 0.4) is 0 Å². The largest absolute Gasteiger partial charge is 0.452 e. The lowest BCUT2D eigenvalue weighted by molar-refractivity contribution is -0.129. The normalized spacial score (nSPS) is 14.0. The van der Waals surface area contributed by atoms with E-state index in [0.717, 1.165) is 52.2 Å². The number of aryl methyl sites for hydroxylation is 1. The molecule has 5 rings (SSSR count). The van der Waals surface area contributed by atoms with Crippen LogP contribution < -0.4 is 10.1 Å². The van der Waals surface area contributed by atoms with E-state index in [1.165, 1.54) is 0 Å². The quantitative estimate of drug-likeness (QED) is 0.258. The van der Waals surface area contributed by atoms with Gasteiger partial charge in [-0.15, -0.1) is 11.3 Å². The van der Waals surface area contributed by atoms with E-state index >= 15 is 0 Å². The van der Waals surface area contributed by atoms with Crippen molar-refractivity contribution in [3.8, 4) is 11.5 Å². The second kappa shape index (κ2) is 11.5. The van der Waals surface area contributed by atoms with Gasteiger partial charge in [-0.2, -0.15) is 0 Å². The predicted molar refractivity (Wildman–Crippen MR) is 148 cm³/mol. The Balaban J connectivity index is 1.37. The van der Waals surface area contributed by atoms with Gasteiger partial charge in [-0.3, -0.25) is 9.78 Å². The van der Waals surface area contributed by atoms with Crippen LogP contribution in [-0.2, 0) is 4.79 Å². The fourth-order valence-corrected chi connectivity index (χ4v) is 6.06. The van der Waals surface area contributed by atoms with Crippen LogP contribution in [0.25, 0.3) is 0 Å². The van der Waals surface area contributed by atoms with Gasteiger partial charge in [0, 0.05) is 64.6 Å². The average Bonchev–Trinajstić information content (AvgIpc) is 3.35. The summed E-state index contributed by atoms with van der Waals surface area (Å²) in [4.78, 5) is 29.3. The first-order valence-corrected chi connectivity index (χ1v) is 14.0. The third-order valence-corrected chi connectivity index (χ3v) is 8.10. The number of carbonyl (C=O) groups excluding carboxylic acids is 1. The lowest BCUT2D eigenvalue weighted by Crippen LogP contribution is -2.36.